The molecule has 210 valence electrons. The van der Waals surface area contributed by atoms with Crippen LogP contribution in [0.25, 0.3) is 87.3 Å². The molecule has 0 aliphatic rings. The highest BCUT2D eigenvalue weighted by Crippen LogP contribution is 2.45. The minimum Gasteiger partial charge on any atom is -0.247 e. The number of thiophene rings is 1. The van der Waals surface area contributed by atoms with Crippen molar-refractivity contribution in [2.24, 2.45) is 0 Å². The number of nitrogens with zero attached hydrogens (tertiary/aromatic N) is 4. The lowest BCUT2D eigenvalue weighted by molar-refractivity contribution is 1.08. The summed E-state index contributed by atoms with van der Waals surface area (Å²) >= 11 is 1.81. The van der Waals surface area contributed by atoms with Crippen LogP contribution in [0.5, 0.6) is 0 Å². The summed E-state index contributed by atoms with van der Waals surface area (Å²) in [6.07, 6.45) is 0. The number of para-hydroxylation sites is 1. The van der Waals surface area contributed by atoms with Gasteiger partial charge >= 0.3 is 0 Å². The maximum Gasteiger partial charge on any atom is 0.165 e. The van der Waals surface area contributed by atoms with E-state index in [-0.39, 0.29) is 0 Å². The first-order chi connectivity index (χ1) is 22.3. The average Bonchev–Trinajstić information content (AvgIpc) is 3.51. The normalized spacial score (nSPS) is 11.6. The van der Waals surface area contributed by atoms with Crippen molar-refractivity contribution in [2.45, 2.75) is 0 Å². The van der Waals surface area contributed by atoms with E-state index in [1.165, 1.54) is 20.9 Å². The molecule has 0 unspecified atom stereocenters. The van der Waals surface area contributed by atoms with E-state index in [9.17, 15) is 0 Å². The van der Waals surface area contributed by atoms with Crippen molar-refractivity contribution in [3.8, 4) is 45.4 Å². The van der Waals surface area contributed by atoms with Gasteiger partial charge in [-0.05, 0) is 12.1 Å². The second-order valence-corrected chi connectivity index (χ2v) is 12.1. The molecular formula is C40H24N4S. The number of rotatable bonds is 4. The van der Waals surface area contributed by atoms with Crippen molar-refractivity contribution in [3.63, 3.8) is 0 Å². The van der Waals surface area contributed by atoms with Gasteiger partial charge in [-0.15, -0.1) is 11.3 Å². The van der Waals surface area contributed by atoms with Gasteiger partial charge in [0.2, 0.25) is 0 Å². The van der Waals surface area contributed by atoms with E-state index >= 15 is 0 Å². The highest BCUT2D eigenvalue weighted by Gasteiger charge is 2.19. The maximum atomic E-state index is 5.15. The fourth-order valence-electron chi connectivity index (χ4n) is 6.21. The van der Waals surface area contributed by atoms with Gasteiger partial charge in [-0.25, -0.2) is 19.9 Å². The summed E-state index contributed by atoms with van der Waals surface area (Å²) in [5.41, 5.74) is 6.02. The van der Waals surface area contributed by atoms with Crippen molar-refractivity contribution < 1.29 is 0 Å². The predicted octanol–water partition coefficient (Wildman–Crippen LogP) is 10.6. The van der Waals surface area contributed by atoms with Crippen LogP contribution in [-0.4, -0.2) is 19.9 Å². The fourth-order valence-corrected chi connectivity index (χ4v) is 7.58. The summed E-state index contributed by atoms with van der Waals surface area (Å²) in [7, 11) is 0. The smallest absolute Gasteiger partial charge is 0.165 e. The van der Waals surface area contributed by atoms with E-state index < -0.39 is 0 Å². The molecule has 0 saturated carbocycles. The standard InChI is InChI=1S/C40H24N4S/c1-4-13-25(14-5-1)35-31-24-23-29-28-20-12-21-32(36(28)45-37(29)34(31)30-19-10-11-22-33(30)41-35)40-43-38(26-15-6-2-7-16-26)42-39(44-40)27-17-8-3-9-18-27/h1-24H. The lowest BCUT2D eigenvalue weighted by Crippen LogP contribution is -2.00. The van der Waals surface area contributed by atoms with E-state index in [1.807, 2.05) is 66.7 Å². The summed E-state index contributed by atoms with van der Waals surface area (Å²) in [6.45, 7) is 0. The molecule has 0 N–H and O–H groups in total. The van der Waals surface area contributed by atoms with Crippen LogP contribution in [0.2, 0.25) is 0 Å². The molecular weight excluding hydrogens is 569 g/mol. The Bertz CT molecular complexity index is 2470. The van der Waals surface area contributed by atoms with Crippen LogP contribution in [0.3, 0.4) is 0 Å². The number of pyridine rings is 1. The van der Waals surface area contributed by atoms with Crippen molar-refractivity contribution in [3.05, 3.63) is 146 Å². The summed E-state index contributed by atoms with van der Waals surface area (Å²) in [5.74, 6) is 1.99. The molecule has 6 aromatic carbocycles. The average molecular weight is 593 g/mol. The van der Waals surface area contributed by atoms with Gasteiger partial charge in [0.25, 0.3) is 0 Å². The van der Waals surface area contributed by atoms with E-state index in [0.717, 1.165) is 48.9 Å². The first-order valence-electron chi connectivity index (χ1n) is 14.9. The fraction of sp³-hybridized carbons (Fsp3) is 0. The van der Waals surface area contributed by atoms with Crippen molar-refractivity contribution in [1.82, 2.24) is 19.9 Å². The van der Waals surface area contributed by atoms with Gasteiger partial charge in [0, 0.05) is 58.6 Å². The summed E-state index contributed by atoms with van der Waals surface area (Å²) < 4.78 is 2.40. The van der Waals surface area contributed by atoms with Crippen LogP contribution in [-0.2, 0) is 0 Å². The Morgan fingerprint density at radius 1 is 0.356 bits per heavy atom. The zero-order chi connectivity index (χ0) is 29.7. The maximum absolute atomic E-state index is 5.15. The molecule has 45 heavy (non-hydrogen) atoms. The third-order valence-electron chi connectivity index (χ3n) is 8.32. The molecule has 0 fully saturated rings. The Labute approximate surface area is 263 Å². The molecule has 0 bridgehead atoms. The molecule has 0 amide bonds. The molecule has 0 aliphatic heterocycles. The number of hydrogen-bond donors (Lipinski definition) is 0. The number of fused-ring (bicyclic) bond motifs is 7. The minimum absolute atomic E-state index is 0.660. The van der Waals surface area contributed by atoms with E-state index in [1.54, 1.807) is 11.3 Å². The molecule has 0 saturated heterocycles. The van der Waals surface area contributed by atoms with Crippen LogP contribution in [0.15, 0.2) is 146 Å². The first kappa shape index (κ1) is 25.7. The van der Waals surface area contributed by atoms with Crippen LogP contribution in [0, 0.1) is 0 Å². The van der Waals surface area contributed by atoms with Crippen molar-refractivity contribution in [2.75, 3.05) is 0 Å². The number of benzene rings is 6. The van der Waals surface area contributed by atoms with Gasteiger partial charge in [0.1, 0.15) is 0 Å². The molecule has 3 aromatic heterocycles. The first-order valence-corrected chi connectivity index (χ1v) is 15.7. The van der Waals surface area contributed by atoms with Gasteiger partial charge in [0.15, 0.2) is 17.5 Å². The van der Waals surface area contributed by atoms with E-state index in [0.29, 0.717) is 17.5 Å². The molecule has 4 nitrogen and oxygen atoms in total. The monoisotopic (exact) mass is 592 g/mol. The van der Waals surface area contributed by atoms with Crippen LogP contribution in [0.1, 0.15) is 0 Å². The summed E-state index contributed by atoms with van der Waals surface area (Å²) in [4.78, 5) is 20.2. The second kappa shape index (κ2) is 10.4. The van der Waals surface area contributed by atoms with E-state index in [2.05, 4.69) is 78.9 Å². The Balaban J connectivity index is 1.35. The second-order valence-electron chi connectivity index (χ2n) is 11.0. The summed E-state index contributed by atoms with van der Waals surface area (Å²) in [6, 6.07) is 50.1. The third kappa shape index (κ3) is 4.28. The van der Waals surface area contributed by atoms with Gasteiger partial charge in [-0.2, -0.15) is 0 Å². The Morgan fingerprint density at radius 3 is 1.58 bits per heavy atom. The molecule has 0 atom stereocenters. The Morgan fingerprint density at radius 2 is 0.889 bits per heavy atom. The molecule has 0 spiro atoms. The molecule has 0 aliphatic carbocycles. The zero-order valence-corrected chi connectivity index (χ0v) is 24.9. The van der Waals surface area contributed by atoms with Gasteiger partial charge in [-0.1, -0.05) is 133 Å². The lowest BCUT2D eigenvalue weighted by atomic mass is 9.98. The predicted molar refractivity (Wildman–Crippen MR) is 187 cm³/mol. The molecule has 9 aromatic rings. The van der Waals surface area contributed by atoms with Gasteiger partial charge in [0.05, 0.1) is 11.2 Å². The van der Waals surface area contributed by atoms with Gasteiger partial charge in [-0.3, -0.25) is 0 Å². The quantitative estimate of drug-likeness (QED) is 0.191. The minimum atomic E-state index is 0.660. The van der Waals surface area contributed by atoms with Crippen LogP contribution >= 0.6 is 11.3 Å². The lowest BCUT2D eigenvalue weighted by Gasteiger charge is -2.11. The zero-order valence-electron chi connectivity index (χ0n) is 24.1. The molecule has 3 heterocycles. The Hall–Kier alpha value is -5.78. The third-order valence-corrected chi connectivity index (χ3v) is 9.59. The van der Waals surface area contributed by atoms with Crippen LogP contribution in [0.4, 0.5) is 0 Å². The van der Waals surface area contributed by atoms with E-state index in [4.69, 9.17) is 19.9 Å². The largest absolute Gasteiger partial charge is 0.247 e. The number of hydrogen-bond acceptors (Lipinski definition) is 5. The van der Waals surface area contributed by atoms with Crippen molar-refractivity contribution in [1.29, 1.82) is 0 Å². The molecule has 0 radical (unpaired) electrons. The van der Waals surface area contributed by atoms with Crippen LogP contribution < -0.4 is 0 Å². The number of aromatic nitrogens is 4. The highest BCUT2D eigenvalue weighted by atomic mass is 32.1. The molecule has 5 heteroatoms. The SMILES string of the molecule is c1ccc(-c2nc(-c3ccccc3)nc(-c3cccc4c3sc3c4ccc4c(-c5ccccc5)nc5ccccc5c43)n2)cc1. The highest BCUT2D eigenvalue weighted by molar-refractivity contribution is 7.27. The summed E-state index contributed by atoms with van der Waals surface area (Å²) in [5, 5.41) is 5.96. The topological polar surface area (TPSA) is 51.6 Å². The molecule has 9 rings (SSSR count). The van der Waals surface area contributed by atoms with Crippen molar-refractivity contribution >= 4 is 53.2 Å². The van der Waals surface area contributed by atoms with Gasteiger partial charge < -0.3 is 0 Å². The Kier molecular flexibility index (Phi) is 5.96.